The third-order valence-corrected chi connectivity index (χ3v) is 3.94. The van der Waals surface area contributed by atoms with E-state index in [-0.39, 0.29) is 0 Å². The smallest absolute Gasteiger partial charge is 0.202 e. The number of piperidine rings is 1. The summed E-state index contributed by atoms with van der Waals surface area (Å²) in [5, 5.41) is 4.36. The molecule has 5 heteroatoms. The Morgan fingerprint density at radius 2 is 2.38 bits per heavy atom. The summed E-state index contributed by atoms with van der Waals surface area (Å²) in [6.45, 7) is 7.58. The van der Waals surface area contributed by atoms with Gasteiger partial charge in [-0.25, -0.2) is 4.98 Å². The van der Waals surface area contributed by atoms with E-state index in [0.29, 0.717) is 6.04 Å². The lowest BCUT2D eigenvalue weighted by Gasteiger charge is -2.34. The first-order valence-electron chi connectivity index (χ1n) is 6.08. The quantitative estimate of drug-likeness (QED) is 0.875. The van der Waals surface area contributed by atoms with Gasteiger partial charge < -0.3 is 5.32 Å². The Bertz CT molecular complexity index is 326. The third kappa shape index (κ3) is 2.92. The van der Waals surface area contributed by atoms with E-state index in [1.807, 2.05) is 6.92 Å². The van der Waals surface area contributed by atoms with Crippen molar-refractivity contribution in [3.63, 3.8) is 0 Å². The first-order chi connectivity index (χ1) is 7.79. The van der Waals surface area contributed by atoms with Gasteiger partial charge >= 0.3 is 0 Å². The summed E-state index contributed by atoms with van der Waals surface area (Å²) in [5.74, 6) is 0.864. The molecule has 0 unspecified atom stereocenters. The molecule has 1 aromatic heterocycles. The van der Waals surface area contributed by atoms with Crippen molar-refractivity contribution in [3.8, 4) is 0 Å². The fourth-order valence-electron chi connectivity index (χ4n) is 2.28. The standard InChI is InChI=1S/C11H20N4S/c1-3-15-7-5-4-6-10(15)8-12-11-13-9(2)14-16-11/h10H,3-8H2,1-2H3,(H,12,13,14)/t10-/m0/s1. The second-order valence-electron chi connectivity index (χ2n) is 4.31. The van der Waals surface area contributed by atoms with Crippen molar-refractivity contribution in [2.75, 3.05) is 25.0 Å². The molecule has 1 atom stereocenters. The summed E-state index contributed by atoms with van der Waals surface area (Å²) in [6, 6.07) is 0.669. The fraction of sp³-hybridized carbons (Fsp3) is 0.818. The van der Waals surface area contributed by atoms with E-state index in [0.717, 1.165) is 24.0 Å². The highest BCUT2D eigenvalue weighted by Gasteiger charge is 2.20. The molecule has 0 amide bonds. The molecule has 0 aliphatic carbocycles. The van der Waals surface area contributed by atoms with Crippen molar-refractivity contribution in [1.82, 2.24) is 14.3 Å². The van der Waals surface area contributed by atoms with Crippen molar-refractivity contribution < 1.29 is 0 Å². The maximum atomic E-state index is 4.32. The van der Waals surface area contributed by atoms with Crippen molar-refractivity contribution >= 4 is 16.7 Å². The molecule has 1 aliphatic heterocycles. The van der Waals surface area contributed by atoms with Crippen LogP contribution in [0.1, 0.15) is 32.0 Å². The fourth-order valence-corrected chi connectivity index (χ4v) is 2.86. The van der Waals surface area contributed by atoms with Crippen LogP contribution in [0.4, 0.5) is 5.13 Å². The van der Waals surface area contributed by atoms with Crippen molar-refractivity contribution in [3.05, 3.63) is 5.82 Å². The molecule has 2 rings (SSSR count). The number of hydrogen-bond donors (Lipinski definition) is 1. The summed E-state index contributed by atoms with van der Waals surface area (Å²) in [7, 11) is 0. The van der Waals surface area contributed by atoms with Crippen molar-refractivity contribution in [2.24, 2.45) is 0 Å². The summed E-state index contributed by atoms with van der Waals surface area (Å²) < 4.78 is 4.17. The number of aryl methyl sites for hydroxylation is 1. The maximum absolute atomic E-state index is 4.32. The minimum atomic E-state index is 0.669. The lowest BCUT2D eigenvalue weighted by molar-refractivity contribution is 0.164. The Labute approximate surface area is 101 Å². The van der Waals surface area contributed by atoms with E-state index >= 15 is 0 Å². The van der Waals surface area contributed by atoms with Crippen LogP contribution in [0.3, 0.4) is 0 Å². The Kier molecular flexibility index (Phi) is 4.12. The Balaban J connectivity index is 1.84. The monoisotopic (exact) mass is 240 g/mol. The van der Waals surface area contributed by atoms with E-state index in [1.165, 1.54) is 37.3 Å². The molecule has 0 radical (unpaired) electrons. The largest absolute Gasteiger partial charge is 0.359 e. The molecule has 1 aromatic rings. The van der Waals surface area contributed by atoms with E-state index in [2.05, 4.69) is 26.5 Å². The van der Waals surface area contributed by atoms with Gasteiger partial charge in [-0.05, 0) is 32.9 Å². The number of nitrogens with zero attached hydrogens (tertiary/aromatic N) is 3. The van der Waals surface area contributed by atoms with E-state index in [9.17, 15) is 0 Å². The number of likely N-dealkylation sites (N-methyl/N-ethyl adjacent to an activating group) is 1. The zero-order chi connectivity index (χ0) is 11.4. The average Bonchev–Trinajstić information content (AvgIpc) is 2.73. The van der Waals surface area contributed by atoms with Crippen LogP contribution in [0.25, 0.3) is 0 Å². The van der Waals surface area contributed by atoms with Gasteiger partial charge in [-0.3, -0.25) is 4.90 Å². The number of hydrogen-bond acceptors (Lipinski definition) is 5. The van der Waals surface area contributed by atoms with Crippen molar-refractivity contribution in [2.45, 2.75) is 39.2 Å². The molecule has 2 heterocycles. The zero-order valence-electron chi connectivity index (χ0n) is 10.1. The Morgan fingerprint density at radius 1 is 1.50 bits per heavy atom. The van der Waals surface area contributed by atoms with E-state index in [4.69, 9.17) is 0 Å². The highest BCUT2D eigenvalue weighted by atomic mass is 32.1. The molecule has 16 heavy (non-hydrogen) atoms. The second kappa shape index (κ2) is 5.59. The van der Waals surface area contributed by atoms with E-state index < -0.39 is 0 Å². The Morgan fingerprint density at radius 3 is 3.06 bits per heavy atom. The minimum absolute atomic E-state index is 0.669. The molecule has 0 saturated carbocycles. The van der Waals surface area contributed by atoms with Crippen LogP contribution in [-0.2, 0) is 0 Å². The number of rotatable bonds is 4. The zero-order valence-corrected chi connectivity index (χ0v) is 10.9. The van der Waals surface area contributed by atoms with Crippen LogP contribution in [0.5, 0.6) is 0 Å². The van der Waals surface area contributed by atoms with Crippen molar-refractivity contribution in [1.29, 1.82) is 0 Å². The van der Waals surface area contributed by atoms with Gasteiger partial charge in [-0.1, -0.05) is 13.3 Å². The lowest BCUT2D eigenvalue weighted by atomic mass is 10.0. The van der Waals surface area contributed by atoms with Crippen LogP contribution in [0.15, 0.2) is 0 Å². The number of anilines is 1. The first-order valence-corrected chi connectivity index (χ1v) is 6.85. The third-order valence-electron chi connectivity index (χ3n) is 3.17. The predicted octanol–water partition coefficient (Wildman–Crippen LogP) is 2.13. The summed E-state index contributed by atoms with van der Waals surface area (Å²) in [6.07, 6.45) is 4.01. The van der Waals surface area contributed by atoms with Gasteiger partial charge in [0.05, 0.1) is 0 Å². The van der Waals surface area contributed by atoms with Gasteiger partial charge in [0.15, 0.2) is 0 Å². The normalized spacial score (nSPS) is 22.2. The topological polar surface area (TPSA) is 41.0 Å². The molecule has 4 nitrogen and oxygen atoms in total. The number of likely N-dealkylation sites (tertiary alicyclic amines) is 1. The van der Waals surface area contributed by atoms with Gasteiger partial charge in [0.25, 0.3) is 0 Å². The molecular weight excluding hydrogens is 220 g/mol. The Hall–Kier alpha value is -0.680. The van der Waals surface area contributed by atoms with Gasteiger partial charge in [0, 0.05) is 24.1 Å². The van der Waals surface area contributed by atoms with Gasteiger partial charge in [-0.15, -0.1) is 0 Å². The van der Waals surface area contributed by atoms with Crippen LogP contribution in [0.2, 0.25) is 0 Å². The molecule has 1 fully saturated rings. The van der Waals surface area contributed by atoms with E-state index in [1.54, 1.807) is 0 Å². The second-order valence-corrected chi connectivity index (χ2v) is 5.06. The molecule has 1 N–H and O–H groups in total. The highest BCUT2D eigenvalue weighted by Crippen LogP contribution is 2.18. The van der Waals surface area contributed by atoms with Gasteiger partial charge in [0.1, 0.15) is 5.82 Å². The SMILES string of the molecule is CCN1CCCC[C@H]1CNc1nc(C)ns1. The number of nitrogens with one attached hydrogen (secondary N) is 1. The molecule has 0 spiro atoms. The summed E-state index contributed by atoms with van der Waals surface area (Å²) in [5.41, 5.74) is 0. The average molecular weight is 240 g/mol. The van der Waals surface area contributed by atoms with Crippen LogP contribution in [0, 0.1) is 6.92 Å². The molecule has 1 saturated heterocycles. The van der Waals surface area contributed by atoms with Gasteiger partial charge in [0.2, 0.25) is 5.13 Å². The summed E-state index contributed by atoms with van der Waals surface area (Å²) in [4.78, 5) is 6.88. The molecule has 90 valence electrons. The first kappa shape index (κ1) is 11.8. The van der Waals surface area contributed by atoms with Crippen LogP contribution in [-0.4, -0.2) is 39.9 Å². The minimum Gasteiger partial charge on any atom is -0.359 e. The van der Waals surface area contributed by atoms with Crippen LogP contribution < -0.4 is 5.32 Å². The summed E-state index contributed by atoms with van der Waals surface area (Å²) >= 11 is 1.46. The number of aromatic nitrogens is 2. The van der Waals surface area contributed by atoms with Crippen LogP contribution >= 0.6 is 11.5 Å². The highest BCUT2D eigenvalue weighted by molar-refractivity contribution is 7.09. The van der Waals surface area contributed by atoms with Gasteiger partial charge in [-0.2, -0.15) is 4.37 Å². The molecule has 1 aliphatic rings. The molecule has 0 aromatic carbocycles. The lowest BCUT2D eigenvalue weighted by Crippen LogP contribution is -2.43. The maximum Gasteiger partial charge on any atom is 0.202 e. The molecule has 0 bridgehead atoms. The predicted molar refractivity (Wildman–Crippen MR) is 68.0 cm³/mol. The molecular formula is C11H20N4S.